The number of benzene rings is 1. The number of ether oxygens (including phenoxy) is 1. The van der Waals surface area contributed by atoms with Gasteiger partial charge in [-0.2, -0.15) is 0 Å². The minimum absolute atomic E-state index is 0.0474. The Kier molecular flexibility index (Phi) is 3.91. The molecule has 0 aliphatic heterocycles. The van der Waals surface area contributed by atoms with Crippen molar-refractivity contribution in [1.29, 1.82) is 0 Å². The van der Waals surface area contributed by atoms with E-state index >= 15 is 0 Å². The van der Waals surface area contributed by atoms with E-state index in [2.05, 4.69) is 5.32 Å². The number of nitrogens with one attached hydrogen (secondary N) is 1. The first-order chi connectivity index (χ1) is 8.61. The van der Waals surface area contributed by atoms with Crippen molar-refractivity contribution in [2.45, 2.75) is 31.4 Å². The van der Waals surface area contributed by atoms with E-state index in [9.17, 15) is 13.6 Å². The summed E-state index contributed by atoms with van der Waals surface area (Å²) in [4.78, 5) is 11.7. The molecule has 1 aromatic carbocycles. The zero-order valence-corrected chi connectivity index (χ0v) is 10.0. The maximum absolute atomic E-state index is 12.4. The Balaban J connectivity index is 2.15. The van der Waals surface area contributed by atoms with E-state index < -0.39 is 18.4 Å². The van der Waals surface area contributed by atoms with Crippen molar-refractivity contribution in [3.63, 3.8) is 0 Å². The minimum atomic E-state index is -2.49. The number of carbonyl (C=O) groups is 1. The van der Waals surface area contributed by atoms with Crippen LogP contribution >= 0.6 is 0 Å². The molecule has 98 valence electrons. The average molecular weight is 255 g/mol. The fraction of sp³-hybridized carbons (Fsp3) is 0.462. The number of rotatable bonds is 5. The first-order valence-corrected chi connectivity index (χ1v) is 5.83. The molecule has 1 aliphatic rings. The third-order valence-corrected chi connectivity index (χ3v) is 2.94. The molecule has 0 aromatic heterocycles. The van der Waals surface area contributed by atoms with Gasteiger partial charge in [0.1, 0.15) is 6.04 Å². The summed E-state index contributed by atoms with van der Waals surface area (Å²) in [6.07, 6.45) is -0.433. The van der Waals surface area contributed by atoms with Crippen LogP contribution in [0.4, 0.5) is 8.78 Å². The van der Waals surface area contributed by atoms with Crippen LogP contribution in [0.5, 0.6) is 0 Å². The molecule has 0 spiro atoms. The van der Waals surface area contributed by atoms with Gasteiger partial charge in [0, 0.05) is 11.6 Å². The minimum Gasteiger partial charge on any atom is -0.468 e. The van der Waals surface area contributed by atoms with Crippen LogP contribution in [0, 0.1) is 0 Å². The third kappa shape index (κ3) is 3.04. The third-order valence-electron chi connectivity index (χ3n) is 2.94. The predicted molar refractivity (Wildman–Crippen MR) is 62.3 cm³/mol. The number of alkyl halides is 2. The van der Waals surface area contributed by atoms with Gasteiger partial charge in [-0.1, -0.05) is 24.3 Å². The van der Waals surface area contributed by atoms with Gasteiger partial charge >= 0.3 is 5.97 Å². The second-order valence-electron chi connectivity index (χ2n) is 4.36. The number of methoxy groups -OCH3 is 1. The van der Waals surface area contributed by atoms with Crippen LogP contribution in [0.25, 0.3) is 0 Å². The molecule has 1 unspecified atom stereocenters. The van der Waals surface area contributed by atoms with Gasteiger partial charge in [0.15, 0.2) is 0 Å². The largest absolute Gasteiger partial charge is 0.468 e. The van der Waals surface area contributed by atoms with E-state index in [0.717, 1.165) is 12.8 Å². The maximum atomic E-state index is 12.4. The lowest BCUT2D eigenvalue weighted by atomic mass is 10.0. The normalized spacial score (nSPS) is 16.7. The van der Waals surface area contributed by atoms with Gasteiger partial charge in [-0.05, 0) is 18.4 Å². The molecule has 1 fully saturated rings. The zero-order chi connectivity index (χ0) is 13.1. The topological polar surface area (TPSA) is 38.3 Å². The lowest BCUT2D eigenvalue weighted by molar-refractivity contribution is -0.143. The molecule has 2 rings (SSSR count). The number of hydrogen-bond donors (Lipinski definition) is 1. The summed E-state index contributed by atoms with van der Waals surface area (Å²) in [5.41, 5.74) is 0.604. The summed E-state index contributed by atoms with van der Waals surface area (Å²) in [6, 6.07) is 5.50. The Morgan fingerprint density at radius 1 is 1.28 bits per heavy atom. The second-order valence-corrected chi connectivity index (χ2v) is 4.36. The van der Waals surface area contributed by atoms with E-state index in [0.29, 0.717) is 11.6 Å². The molecule has 1 N–H and O–H groups in total. The summed E-state index contributed by atoms with van der Waals surface area (Å²) in [5.74, 6) is -0.397. The Labute approximate surface area is 104 Å². The van der Waals surface area contributed by atoms with E-state index in [1.807, 2.05) is 0 Å². The molecular formula is C13H15F2NO2. The molecule has 1 atom stereocenters. The van der Waals surface area contributed by atoms with Crippen LogP contribution < -0.4 is 5.32 Å². The van der Waals surface area contributed by atoms with E-state index in [4.69, 9.17) is 4.74 Å². The van der Waals surface area contributed by atoms with Gasteiger partial charge in [0.2, 0.25) is 0 Å². The lowest BCUT2D eigenvalue weighted by Crippen LogP contribution is -2.31. The van der Waals surface area contributed by atoms with Crippen molar-refractivity contribution in [3.8, 4) is 0 Å². The smallest absolute Gasteiger partial charge is 0.327 e. The van der Waals surface area contributed by atoms with Crippen LogP contribution in [-0.2, 0) is 9.53 Å². The van der Waals surface area contributed by atoms with Crippen molar-refractivity contribution in [1.82, 2.24) is 5.32 Å². The molecule has 0 amide bonds. The first-order valence-electron chi connectivity index (χ1n) is 5.83. The SMILES string of the molecule is COC(=O)C(NC1CC1)c1ccc(C(F)F)cc1. The van der Waals surface area contributed by atoms with Crippen LogP contribution in [0.3, 0.4) is 0 Å². The van der Waals surface area contributed by atoms with Crippen molar-refractivity contribution in [2.75, 3.05) is 7.11 Å². The van der Waals surface area contributed by atoms with E-state index in [-0.39, 0.29) is 5.56 Å². The Morgan fingerprint density at radius 2 is 1.83 bits per heavy atom. The van der Waals surface area contributed by atoms with Gasteiger partial charge in [-0.25, -0.2) is 13.6 Å². The second kappa shape index (κ2) is 5.44. The molecule has 0 radical (unpaired) electrons. The summed E-state index contributed by atoms with van der Waals surface area (Å²) in [7, 11) is 1.32. The van der Waals surface area contributed by atoms with Crippen LogP contribution in [0.15, 0.2) is 24.3 Å². The Bertz CT molecular complexity index is 416. The van der Waals surface area contributed by atoms with Crippen LogP contribution in [0.2, 0.25) is 0 Å². The van der Waals surface area contributed by atoms with Crippen molar-refractivity contribution in [2.24, 2.45) is 0 Å². The van der Waals surface area contributed by atoms with E-state index in [1.165, 1.54) is 19.2 Å². The molecule has 1 aromatic rings. The maximum Gasteiger partial charge on any atom is 0.327 e. The number of esters is 1. The molecule has 1 aliphatic carbocycles. The Morgan fingerprint density at radius 3 is 2.28 bits per heavy atom. The molecule has 0 bridgehead atoms. The quantitative estimate of drug-likeness (QED) is 0.822. The highest BCUT2D eigenvalue weighted by molar-refractivity contribution is 5.77. The molecule has 1 saturated carbocycles. The van der Waals surface area contributed by atoms with Crippen molar-refractivity contribution >= 4 is 5.97 Å². The van der Waals surface area contributed by atoms with Crippen LogP contribution in [-0.4, -0.2) is 19.1 Å². The first kappa shape index (κ1) is 13.0. The van der Waals surface area contributed by atoms with Gasteiger partial charge in [-0.3, -0.25) is 5.32 Å². The summed E-state index contributed by atoms with van der Waals surface area (Å²) in [6.45, 7) is 0. The predicted octanol–water partition coefficient (Wildman–Crippen LogP) is 2.59. The number of hydrogen-bond acceptors (Lipinski definition) is 3. The number of halogens is 2. The molecule has 0 heterocycles. The van der Waals surface area contributed by atoms with Gasteiger partial charge in [0.25, 0.3) is 6.43 Å². The highest BCUT2D eigenvalue weighted by Crippen LogP contribution is 2.26. The lowest BCUT2D eigenvalue weighted by Gasteiger charge is -2.16. The zero-order valence-electron chi connectivity index (χ0n) is 10.0. The highest BCUT2D eigenvalue weighted by atomic mass is 19.3. The molecular weight excluding hydrogens is 240 g/mol. The fourth-order valence-electron chi connectivity index (χ4n) is 1.74. The highest BCUT2D eigenvalue weighted by Gasteiger charge is 2.30. The molecule has 18 heavy (non-hydrogen) atoms. The van der Waals surface area contributed by atoms with Gasteiger partial charge < -0.3 is 4.74 Å². The summed E-state index contributed by atoms with van der Waals surface area (Å²) in [5, 5.41) is 3.14. The van der Waals surface area contributed by atoms with Gasteiger partial charge in [0.05, 0.1) is 7.11 Å². The van der Waals surface area contributed by atoms with E-state index in [1.54, 1.807) is 12.1 Å². The van der Waals surface area contributed by atoms with Crippen LogP contribution in [0.1, 0.15) is 36.4 Å². The standard InChI is InChI=1S/C13H15F2NO2/c1-18-13(17)11(16-10-6-7-10)8-2-4-9(5-3-8)12(14)15/h2-5,10-12,16H,6-7H2,1H3. The monoisotopic (exact) mass is 255 g/mol. The number of carbonyl (C=O) groups excluding carboxylic acids is 1. The fourth-order valence-corrected chi connectivity index (χ4v) is 1.74. The summed E-state index contributed by atoms with van der Waals surface area (Å²) < 4.78 is 29.6. The van der Waals surface area contributed by atoms with Crippen molar-refractivity contribution < 1.29 is 18.3 Å². The molecule has 3 nitrogen and oxygen atoms in total. The molecule has 5 heteroatoms. The Hall–Kier alpha value is -1.49. The average Bonchev–Trinajstić information content (AvgIpc) is 3.19. The molecule has 0 saturated heterocycles. The van der Waals surface area contributed by atoms with Gasteiger partial charge in [-0.15, -0.1) is 0 Å². The van der Waals surface area contributed by atoms with Crippen molar-refractivity contribution in [3.05, 3.63) is 35.4 Å². The summed E-state index contributed by atoms with van der Waals surface area (Å²) >= 11 is 0.